The minimum Gasteiger partial charge on any atom is -0.380 e. The number of nitrogens with zero attached hydrogens (tertiary/aromatic N) is 4. The molecular formula is C17H24N4OS. The first kappa shape index (κ1) is 16.4. The topological polar surface area (TPSA) is 41.5 Å². The van der Waals surface area contributed by atoms with Gasteiger partial charge >= 0.3 is 0 Å². The number of ether oxygens (including phenoxy) is 1. The highest BCUT2D eigenvalue weighted by atomic mass is 32.1. The van der Waals surface area contributed by atoms with Gasteiger partial charge in [0.1, 0.15) is 12.1 Å². The van der Waals surface area contributed by atoms with Crippen LogP contribution in [0.4, 0.5) is 5.82 Å². The van der Waals surface area contributed by atoms with Crippen LogP contribution in [-0.4, -0.2) is 55.3 Å². The summed E-state index contributed by atoms with van der Waals surface area (Å²) >= 11 is 1.76. The van der Waals surface area contributed by atoms with Gasteiger partial charge < -0.3 is 9.64 Å². The second-order valence-corrected chi connectivity index (χ2v) is 7.05. The van der Waals surface area contributed by atoms with Crippen LogP contribution in [0, 0.1) is 5.92 Å². The van der Waals surface area contributed by atoms with Crippen LogP contribution >= 0.6 is 11.3 Å². The predicted octanol–water partition coefficient (Wildman–Crippen LogP) is 2.30. The Hall–Kier alpha value is -1.50. The van der Waals surface area contributed by atoms with Crippen LogP contribution in [0.2, 0.25) is 0 Å². The molecule has 1 aliphatic rings. The van der Waals surface area contributed by atoms with Gasteiger partial charge in [0.05, 0.1) is 13.2 Å². The monoisotopic (exact) mass is 332 g/mol. The molecule has 0 bridgehead atoms. The van der Waals surface area contributed by atoms with E-state index in [-0.39, 0.29) is 0 Å². The SMILES string of the molecule is CN(C)c1cc(CC2COCCN(Cc3ccsc3)C2)ncn1. The van der Waals surface area contributed by atoms with Crippen molar-refractivity contribution in [3.05, 3.63) is 40.5 Å². The molecule has 124 valence electrons. The molecule has 1 saturated heterocycles. The van der Waals surface area contributed by atoms with Gasteiger partial charge in [0.15, 0.2) is 0 Å². The molecule has 3 rings (SSSR count). The smallest absolute Gasteiger partial charge is 0.131 e. The third-order valence-electron chi connectivity index (χ3n) is 4.07. The van der Waals surface area contributed by atoms with Crippen LogP contribution < -0.4 is 4.90 Å². The van der Waals surface area contributed by atoms with Gasteiger partial charge in [-0.15, -0.1) is 0 Å². The number of anilines is 1. The molecule has 0 amide bonds. The molecule has 1 unspecified atom stereocenters. The maximum absolute atomic E-state index is 5.81. The van der Waals surface area contributed by atoms with E-state index in [0.29, 0.717) is 5.92 Å². The Morgan fingerprint density at radius 1 is 1.39 bits per heavy atom. The maximum Gasteiger partial charge on any atom is 0.131 e. The zero-order valence-corrected chi connectivity index (χ0v) is 14.6. The van der Waals surface area contributed by atoms with Crippen molar-refractivity contribution in [3.8, 4) is 0 Å². The Kier molecular flexibility index (Phi) is 5.59. The fraction of sp³-hybridized carbons (Fsp3) is 0.529. The lowest BCUT2D eigenvalue weighted by molar-refractivity contribution is 0.121. The average molecular weight is 332 g/mol. The Morgan fingerprint density at radius 3 is 3.09 bits per heavy atom. The van der Waals surface area contributed by atoms with Crippen LogP contribution in [0.3, 0.4) is 0 Å². The molecule has 0 saturated carbocycles. The molecule has 0 radical (unpaired) electrons. The van der Waals surface area contributed by atoms with Crippen molar-refractivity contribution in [1.29, 1.82) is 0 Å². The van der Waals surface area contributed by atoms with Crippen molar-refractivity contribution < 1.29 is 4.74 Å². The molecule has 1 aliphatic heterocycles. The fourth-order valence-corrected chi connectivity index (χ4v) is 3.56. The summed E-state index contributed by atoms with van der Waals surface area (Å²) in [5, 5.41) is 4.37. The van der Waals surface area contributed by atoms with Crippen molar-refractivity contribution in [2.75, 3.05) is 45.3 Å². The summed E-state index contributed by atoms with van der Waals surface area (Å²) in [4.78, 5) is 13.2. The Balaban J connectivity index is 1.63. The highest BCUT2D eigenvalue weighted by Crippen LogP contribution is 2.17. The van der Waals surface area contributed by atoms with Gasteiger partial charge in [0.25, 0.3) is 0 Å². The minimum absolute atomic E-state index is 0.473. The number of rotatable bonds is 5. The lowest BCUT2D eigenvalue weighted by Gasteiger charge is -2.23. The first-order chi connectivity index (χ1) is 11.2. The Morgan fingerprint density at radius 2 is 2.30 bits per heavy atom. The van der Waals surface area contributed by atoms with Crippen LogP contribution in [0.15, 0.2) is 29.2 Å². The molecule has 2 aromatic heterocycles. The molecule has 0 N–H and O–H groups in total. The van der Waals surface area contributed by atoms with E-state index >= 15 is 0 Å². The third-order valence-corrected chi connectivity index (χ3v) is 4.81. The summed E-state index contributed by atoms with van der Waals surface area (Å²) in [5.41, 5.74) is 2.49. The summed E-state index contributed by atoms with van der Waals surface area (Å²) in [6, 6.07) is 4.29. The zero-order chi connectivity index (χ0) is 16.1. The summed E-state index contributed by atoms with van der Waals surface area (Å²) < 4.78 is 5.81. The predicted molar refractivity (Wildman–Crippen MR) is 94.0 cm³/mol. The highest BCUT2D eigenvalue weighted by molar-refractivity contribution is 7.07. The van der Waals surface area contributed by atoms with Crippen molar-refractivity contribution in [2.24, 2.45) is 5.92 Å². The first-order valence-corrected chi connectivity index (χ1v) is 8.94. The van der Waals surface area contributed by atoms with Crippen LogP contribution in [0.25, 0.3) is 0 Å². The number of hydrogen-bond acceptors (Lipinski definition) is 6. The Bertz CT molecular complexity index is 602. The van der Waals surface area contributed by atoms with E-state index in [2.05, 4.69) is 37.8 Å². The molecule has 2 aromatic rings. The van der Waals surface area contributed by atoms with Gasteiger partial charge in [-0.3, -0.25) is 4.90 Å². The molecule has 0 spiro atoms. The summed E-state index contributed by atoms with van der Waals surface area (Å²) in [5.74, 6) is 1.43. The van der Waals surface area contributed by atoms with E-state index < -0.39 is 0 Å². The van der Waals surface area contributed by atoms with Gasteiger partial charge in [-0.05, 0) is 28.8 Å². The van der Waals surface area contributed by atoms with Gasteiger partial charge in [-0.1, -0.05) is 0 Å². The average Bonchev–Trinajstić information content (AvgIpc) is 2.94. The molecule has 1 fully saturated rings. The van der Waals surface area contributed by atoms with Gasteiger partial charge in [-0.2, -0.15) is 11.3 Å². The molecule has 0 aromatic carbocycles. The molecular weight excluding hydrogens is 308 g/mol. The Labute approximate surface area is 141 Å². The molecule has 1 atom stereocenters. The minimum atomic E-state index is 0.473. The summed E-state index contributed by atoms with van der Waals surface area (Å²) in [6.45, 7) is 4.68. The van der Waals surface area contributed by atoms with E-state index in [1.54, 1.807) is 17.7 Å². The van der Waals surface area contributed by atoms with Crippen LogP contribution in [0.1, 0.15) is 11.3 Å². The fourth-order valence-electron chi connectivity index (χ4n) is 2.90. The first-order valence-electron chi connectivity index (χ1n) is 8.00. The lowest BCUT2D eigenvalue weighted by Crippen LogP contribution is -2.30. The third kappa shape index (κ3) is 4.73. The molecule has 6 heteroatoms. The largest absolute Gasteiger partial charge is 0.380 e. The maximum atomic E-state index is 5.81. The van der Waals surface area contributed by atoms with Gasteiger partial charge in [0, 0.05) is 51.4 Å². The van der Waals surface area contributed by atoms with Crippen molar-refractivity contribution in [2.45, 2.75) is 13.0 Å². The summed E-state index contributed by atoms with van der Waals surface area (Å²) in [7, 11) is 4.01. The summed E-state index contributed by atoms with van der Waals surface area (Å²) in [6.07, 6.45) is 2.59. The quantitative estimate of drug-likeness (QED) is 0.840. The molecule has 0 aliphatic carbocycles. The van der Waals surface area contributed by atoms with E-state index in [4.69, 9.17) is 4.74 Å². The van der Waals surface area contributed by atoms with Crippen LogP contribution in [0.5, 0.6) is 0 Å². The van der Waals surface area contributed by atoms with E-state index in [1.807, 2.05) is 19.0 Å². The second kappa shape index (κ2) is 7.86. The van der Waals surface area contributed by atoms with Crippen molar-refractivity contribution in [1.82, 2.24) is 14.9 Å². The van der Waals surface area contributed by atoms with E-state index in [1.165, 1.54) is 5.56 Å². The lowest BCUT2D eigenvalue weighted by atomic mass is 10.0. The van der Waals surface area contributed by atoms with E-state index in [0.717, 1.165) is 50.8 Å². The van der Waals surface area contributed by atoms with Crippen LogP contribution in [-0.2, 0) is 17.7 Å². The van der Waals surface area contributed by atoms with Gasteiger partial charge in [-0.25, -0.2) is 9.97 Å². The highest BCUT2D eigenvalue weighted by Gasteiger charge is 2.20. The standard InChI is InChI=1S/C17H24N4OS/c1-20(2)17-8-16(18-13-19-17)7-15-10-21(4-5-22-11-15)9-14-3-6-23-12-14/h3,6,8,12-13,15H,4-5,7,9-11H2,1-2H3. The normalized spacial score (nSPS) is 19.5. The number of hydrogen-bond donors (Lipinski definition) is 0. The molecule has 23 heavy (non-hydrogen) atoms. The van der Waals surface area contributed by atoms with Crippen molar-refractivity contribution in [3.63, 3.8) is 0 Å². The van der Waals surface area contributed by atoms with Gasteiger partial charge in [0.2, 0.25) is 0 Å². The molecule has 5 nitrogen and oxygen atoms in total. The second-order valence-electron chi connectivity index (χ2n) is 6.27. The zero-order valence-electron chi connectivity index (χ0n) is 13.8. The number of aromatic nitrogens is 2. The van der Waals surface area contributed by atoms with Crippen molar-refractivity contribution >= 4 is 17.2 Å². The van der Waals surface area contributed by atoms with E-state index in [9.17, 15) is 0 Å². The number of thiophene rings is 1. The molecule has 3 heterocycles.